The van der Waals surface area contributed by atoms with Gasteiger partial charge in [0, 0.05) is 24.7 Å². The molecule has 3 fully saturated rings. The number of hydrogen-bond acceptors (Lipinski definition) is 5. The third-order valence-electron chi connectivity index (χ3n) is 8.18. The van der Waals surface area contributed by atoms with Gasteiger partial charge in [0.2, 0.25) is 0 Å². The van der Waals surface area contributed by atoms with E-state index in [1.54, 1.807) is 0 Å². The van der Waals surface area contributed by atoms with Crippen molar-refractivity contribution in [3.63, 3.8) is 0 Å². The molecule has 2 N–H and O–H groups in total. The summed E-state index contributed by atoms with van der Waals surface area (Å²) in [5.41, 5.74) is 0.486. The summed E-state index contributed by atoms with van der Waals surface area (Å²) in [4.78, 5) is 13.2. The smallest absolute Gasteiger partial charge is 0.164 e. The van der Waals surface area contributed by atoms with Crippen LogP contribution >= 0.6 is 0 Å². The van der Waals surface area contributed by atoms with Gasteiger partial charge in [-0.1, -0.05) is 26.7 Å². The Bertz CT molecular complexity index is 678. The molecule has 0 aromatic heterocycles. The summed E-state index contributed by atoms with van der Waals surface area (Å²) in [7, 11) is 0. The van der Waals surface area contributed by atoms with E-state index in [1.165, 1.54) is 0 Å². The number of allylic oxidation sites excluding steroid dienone is 2. The van der Waals surface area contributed by atoms with Crippen LogP contribution in [0.3, 0.4) is 0 Å². The van der Waals surface area contributed by atoms with E-state index in [-0.39, 0.29) is 60.1 Å². The van der Waals surface area contributed by atoms with Gasteiger partial charge in [-0.25, -0.2) is 0 Å². The fraction of sp³-hybridized carbons (Fsp3) is 0.783. The van der Waals surface area contributed by atoms with E-state index in [4.69, 9.17) is 0 Å². The van der Waals surface area contributed by atoms with Crippen molar-refractivity contribution in [2.24, 2.45) is 47.3 Å². The quantitative estimate of drug-likeness (QED) is 0.540. The topological polar surface area (TPSA) is 105 Å². The molecule has 8 atom stereocenters. The molecule has 0 amide bonds. The Hall–Kier alpha value is -1.69. The van der Waals surface area contributed by atoms with Gasteiger partial charge < -0.3 is 10.2 Å². The third-order valence-corrected chi connectivity index (χ3v) is 8.18. The minimum atomic E-state index is -0.104. The van der Waals surface area contributed by atoms with Gasteiger partial charge in [-0.05, 0) is 67.1 Å². The molecule has 0 spiro atoms. The number of Topliss-reactive ketones (excluding diaryl/α,β-unsaturated/α-hetero) is 1. The molecule has 0 bridgehead atoms. The highest BCUT2D eigenvalue weighted by atomic mass is 16.3. The van der Waals surface area contributed by atoms with E-state index in [2.05, 4.69) is 13.8 Å². The molecule has 0 aromatic rings. The molecule has 3 saturated carbocycles. The molecule has 5 heteroatoms. The molecular formula is C23H32N2O3. The highest BCUT2D eigenvalue weighted by Gasteiger charge is 2.59. The van der Waals surface area contributed by atoms with E-state index in [1.807, 2.05) is 12.1 Å². The van der Waals surface area contributed by atoms with Crippen molar-refractivity contribution in [3.05, 3.63) is 11.1 Å². The maximum absolute atomic E-state index is 13.2. The monoisotopic (exact) mass is 384 g/mol. The summed E-state index contributed by atoms with van der Waals surface area (Å²) in [5, 5.41) is 38.9. The average molecular weight is 385 g/mol. The van der Waals surface area contributed by atoms with Crippen LogP contribution in [0.5, 0.6) is 0 Å². The van der Waals surface area contributed by atoms with Gasteiger partial charge >= 0.3 is 0 Å². The molecule has 0 radical (unpaired) electrons. The second-order valence-corrected chi connectivity index (χ2v) is 8.93. The Morgan fingerprint density at radius 2 is 1.43 bits per heavy atom. The number of carbonyl (C=O) groups is 1. The Labute approximate surface area is 168 Å². The maximum Gasteiger partial charge on any atom is 0.164 e. The van der Waals surface area contributed by atoms with Crippen molar-refractivity contribution in [2.45, 2.75) is 52.4 Å². The molecule has 0 saturated heterocycles. The van der Waals surface area contributed by atoms with Gasteiger partial charge in [0.25, 0.3) is 0 Å². The van der Waals surface area contributed by atoms with Gasteiger partial charge in [0.1, 0.15) is 17.7 Å². The first-order chi connectivity index (χ1) is 13.6. The first-order valence-corrected chi connectivity index (χ1v) is 10.9. The largest absolute Gasteiger partial charge is 0.396 e. The first-order valence-electron chi connectivity index (χ1n) is 10.9. The summed E-state index contributed by atoms with van der Waals surface area (Å²) in [6.45, 7) is 4.53. The Kier molecular flexibility index (Phi) is 6.58. The molecule has 3 rings (SSSR count). The summed E-state index contributed by atoms with van der Waals surface area (Å²) in [6, 6.07) is 3.93. The standard InChI is InChI=1S/C23H32N2O3/c1-3-13(11-26)16-5-7-18-20(15(9-24)10-25)23(28)19-8-6-17(14(4-2)12-27)21(16)22(18)19/h13-14,16-19,21-22,26-27H,3-8,11-12H2,1-2H3. The van der Waals surface area contributed by atoms with Crippen LogP contribution in [0.4, 0.5) is 0 Å². The third kappa shape index (κ3) is 3.19. The number of ketones is 1. The minimum Gasteiger partial charge on any atom is -0.396 e. The highest BCUT2D eigenvalue weighted by molar-refractivity contribution is 6.02. The van der Waals surface area contributed by atoms with Gasteiger partial charge in [0.15, 0.2) is 5.78 Å². The van der Waals surface area contributed by atoms with Crippen LogP contribution < -0.4 is 0 Å². The van der Waals surface area contributed by atoms with Gasteiger partial charge in [0.05, 0.1) is 0 Å². The van der Waals surface area contributed by atoms with Crippen molar-refractivity contribution in [1.29, 1.82) is 10.5 Å². The zero-order valence-electron chi connectivity index (χ0n) is 17.0. The number of nitrogens with zero attached hydrogens (tertiary/aromatic N) is 2. The highest BCUT2D eigenvalue weighted by Crippen LogP contribution is 2.61. The van der Waals surface area contributed by atoms with Gasteiger partial charge in [-0.2, -0.15) is 10.5 Å². The predicted octanol–water partition coefficient (Wildman–Crippen LogP) is 3.23. The van der Waals surface area contributed by atoms with Crippen LogP contribution in [0.25, 0.3) is 0 Å². The van der Waals surface area contributed by atoms with Crippen LogP contribution in [-0.4, -0.2) is 29.2 Å². The minimum absolute atomic E-state index is 0.00143. The normalized spacial score (nSPS) is 36.2. The molecular weight excluding hydrogens is 352 g/mol. The van der Waals surface area contributed by atoms with Crippen molar-refractivity contribution in [1.82, 2.24) is 0 Å². The number of aliphatic hydroxyl groups excluding tert-OH is 2. The zero-order valence-corrected chi connectivity index (χ0v) is 17.0. The summed E-state index contributed by atoms with van der Waals surface area (Å²) in [5.74, 6) is 1.41. The number of nitriles is 2. The van der Waals surface area contributed by atoms with E-state index < -0.39 is 0 Å². The number of aliphatic hydroxyl groups is 2. The van der Waals surface area contributed by atoms with Gasteiger partial charge in [-0.3, -0.25) is 4.79 Å². The van der Waals surface area contributed by atoms with Crippen molar-refractivity contribution in [2.75, 3.05) is 13.2 Å². The lowest BCUT2D eigenvalue weighted by molar-refractivity contribution is -0.123. The molecule has 8 unspecified atom stereocenters. The average Bonchev–Trinajstić information content (AvgIpc) is 3.01. The maximum atomic E-state index is 13.2. The predicted molar refractivity (Wildman–Crippen MR) is 104 cm³/mol. The van der Waals surface area contributed by atoms with Gasteiger partial charge in [-0.15, -0.1) is 0 Å². The lowest BCUT2D eigenvalue weighted by atomic mass is 9.52. The number of rotatable bonds is 6. The summed E-state index contributed by atoms with van der Waals surface area (Å²) >= 11 is 0. The lowest BCUT2D eigenvalue weighted by Gasteiger charge is -2.52. The molecule has 0 aliphatic heterocycles. The first kappa shape index (κ1) is 21.0. The zero-order chi connectivity index (χ0) is 20.4. The molecule has 28 heavy (non-hydrogen) atoms. The molecule has 152 valence electrons. The fourth-order valence-electron chi connectivity index (χ4n) is 6.93. The van der Waals surface area contributed by atoms with Crippen LogP contribution in [0.15, 0.2) is 11.1 Å². The second kappa shape index (κ2) is 8.76. The number of carbonyl (C=O) groups excluding carboxylic acids is 1. The Morgan fingerprint density at radius 1 is 0.929 bits per heavy atom. The van der Waals surface area contributed by atoms with E-state index in [9.17, 15) is 25.5 Å². The van der Waals surface area contributed by atoms with Crippen molar-refractivity contribution < 1.29 is 15.0 Å². The summed E-state index contributed by atoms with van der Waals surface area (Å²) < 4.78 is 0. The van der Waals surface area contributed by atoms with Crippen LogP contribution in [0, 0.1) is 70.0 Å². The number of hydrogen-bond donors (Lipinski definition) is 2. The SMILES string of the molecule is CCC(CO)C1CCC2C(=O)C(=C(C#N)C#N)C3CCC(C(CC)CO)C1C23. The van der Waals surface area contributed by atoms with Crippen molar-refractivity contribution in [3.8, 4) is 12.1 Å². The van der Waals surface area contributed by atoms with E-state index in [0.717, 1.165) is 38.5 Å². The van der Waals surface area contributed by atoms with Crippen LogP contribution in [0.2, 0.25) is 0 Å². The molecule has 0 aromatic carbocycles. The molecule has 0 heterocycles. The molecule has 5 nitrogen and oxygen atoms in total. The summed E-state index contributed by atoms with van der Waals surface area (Å²) in [6.07, 6.45) is 5.23. The van der Waals surface area contributed by atoms with E-state index in [0.29, 0.717) is 17.4 Å². The second-order valence-electron chi connectivity index (χ2n) is 8.93. The van der Waals surface area contributed by atoms with Crippen LogP contribution in [-0.2, 0) is 4.79 Å². The molecule has 3 aliphatic rings. The Balaban J connectivity index is 2.09. The van der Waals surface area contributed by atoms with Crippen LogP contribution in [0.1, 0.15) is 52.4 Å². The van der Waals surface area contributed by atoms with E-state index >= 15 is 0 Å². The van der Waals surface area contributed by atoms with Crippen molar-refractivity contribution >= 4 is 5.78 Å². The Morgan fingerprint density at radius 3 is 1.86 bits per heavy atom. The molecule has 3 aliphatic carbocycles. The lowest BCUT2D eigenvalue weighted by Crippen LogP contribution is -2.48. The fourth-order valence-corrected chi connectivity index (χ4v) is 6.93.